The average molecular weight is 344 g/mol. The van der Waals surface area contributed by atoms with Crippen LogP contribution in [-0.2, 0) is 25.4 Å². The summed E-state index contributed by atoms with van der Waals surface area (Å²) in [6.45, 7) is 3.71. The first-order chi connectivity index (χ1) is 12.3. The summed E-state index contributed by atoms with van der Waals surface area (Å²) in [6, 6.07) is 10.9. The smallest absolute Gasteiger partial charge is 0.0815 e. The van der Waals surface area contributed by atoms with Crippen molar-refractivity contribution >= 4 is 0 Å². The van der Waals surface area contributed by atoms with Crippen LogP contribution in [0.1, 0.15) is 31.2 Å². The predicted octanol–water partition coefficient (Wildman–Crippen LogP) is 2.99. The molecule has 4 nitrogen and oxygen atoms in total. The molecular formula is C21H28O4. The van der Waals surface area contributed by atoms with Gasteiger partial charge in [-0.25, -0.2) is 0 Å². The molecule has 1 aromatic rings. The van der Waals surface area contributed by atoms with Gasteiger partial charge >= 0.3 is 0 Å². The Morgan fingerprint density at radius 3 is 1.68 bits per heavy atom. The maximum atomic E-state index is 5.68. The average Bonchev–Trinajstić information content (AvgIpc) is 3.45. The van der Waals surface area contributed by atoms with Crippen molar-refractivity contribution < 1.29 is 18.9 Å². The SMILES string of the molecule is c1ccc(CC(CC2CO2)C(CC2CO2)(CC2CO2)CC2CO2)cc1. The lowest BCUT2D eigenvalue weighted by atomic mass is 9.63. The number of ether oxygens (including phenoxy) is 4. The van der Waals surface area contributed by atoms with Crippen LogP contribution in [0.15, 0.2) is 30.3 Å². The van der Waals surface area contributed by atoms with Gasteiger partial charge in [0.05, 0.1) is 50.8 Å². The summed E-state index contributed by atoms with van der Waals surface area (Å²) in [5, 5.41) is 0. The van der Waals surface area contributed by atoms with Crippen molar-refractivity contribution in [1.82, 2.24) is 0 Å². The van der Waals surface area contributed by atoms with Gasteiger partial charge in [0.15, 0.2) is 0 Å². The minimum atomic E-state index is 0.241. The summed E-state index contributed by atoms with van der Waals surface area (Å²) in [5.41, 5.74) is 1.67. The fourth-order valence-corrected chi connectivity index (χ4v) is 4.64. The summed E-state index contributed by atoms with van der Waals surface area (Å²) in [5.74, 6) is 0.597. The van der Waals surface area contributed by atoms with E-state index in [1.54, 1.807) is 0 Å². The normalized spacial score (nSPS) is 35.7. The minimum Gasteiger partial charge on any atom is -0.373 e. The van der Waals surface area contributed by atoms with Crippen LogP contribution in [0.25, 0.3) is 0 Å². The lowest BCUT2D eigenvalue weighted by Gasteiger charge is -2.41. The van der Waals surface area contributed by atoms with Crippen LogP contribution in [0, 0.1) is 11.3 Å². The third-order valence-corrected chi connectivity index (χ3v) is 6.25. The van der Waals surface area contributed by atoms with E-state index in [2.05, 4.69) is 30.3 Å². The molecule has 25 heavy (non-hydrogen) atoms. The maximum absolute atomic E-state index is 5.68. The van der Waals surface area contributed by atoms with Gasteiger partial charge in [0, 0.05) is 0 Å². The molecule has 0 radical (unpaired) electrons. The Kier molecular flexibility index (Phi) is 4.33. The van der Waals surface area contributed by atoms with Gasteiger partial charge in [-0.15, -0.1) is 0 Å². The first-order valence-electron chi connectivity index (χ1n) is 9.79. The van der Waals surface area contributed by atoms with Gasteiger partial charge in [-0.2, -0.15) is 0 Å². The molecule has 4 saturated heterocycles. The molecule has 5 rings (SSSR count). The lowest BCUT2D eigenvalue weighted by Crippen LogP contribution is -2.37. The Labute approximate surface area is 149 Å². The van der Waals surface area contributed by atoms with Crippen molar-refractivity contribution in [3.63, 3.8) is 0 Å². The van der Waals surface area contributed by atoms with Crippen LogP contribution in [0.3, 0.4) is 0 Å². The highest BCUT2D eigenvalue weighted by atomic mass is 16.6. The number of hydrogen-bond acceptors (Lipinski definition) is 4. The molecule has 4 aliphatic heterocycles. The highest BCUT2D eigenvalue weighted by Gasteiger charge is 2.51. The molecule has 4 fully saturated rings. The fourth-order valence-electron chi connectivity index (χ4n) is 4.64. The van der Waals surface area contributed by atoms with Gasteiger partial charge in [-0.3, -0.25) is 0 Å². The van der Waals surface area contributed by atoms with Gasteiger partial charge < -0.3 is 18.9 Å². The Morgan fingerprint density at radius 2 is 1.24 bits per heavy atom. The zero-order valence-corrected chi connectivity index (χ0v) is 14.8. The number of rotatable bonds is 11. The molecule has 4 heterocycles. The Bertz CT molecular complexity index is 537. The quantitative estimate of drug-likeness (QED) is 0.579. The first-order valence-corrected chi connectivity index (χ1v) is 9.79. The molecule has 0 saturated carbocycles. The molecule has 5 unspecified atom stereocenters. The van der Waals surface area contributed by atoms with Gasteiger partial charge in [0.1, 0.15) is 0 Å². The first kappa shape index (κ1) is 16.2. The van der Waals surface area contributed by atoms with E-state index in [-0.39, 0.29) is 5.41 Å². The van der Waals surface area contributed by atoms with Gasteiger partial charge in [-0.1, -0.05) is 30.3 Å². The van der Waals surface area contributed by atoms with E-state index in [0.717, 1.165) is 58.5 Å². The molecule has 0 amide bonds. The molecule has 136 valence electrons. The van der Waals surface area contributed by atoms with Crippen molar-refractivity contribution in [3.05, 3.63) is 35.9 Å². The van der Waals surface area contributed by atoms with E-state index >= 15 is 0 Å². The summed E-state index contributed by atoms with van der Waals surface area (Å²) < 4.78 is 22.7. The van der Waals surface area contributed by atoms with Crippen LogP contribution in [0.5, 0.6) is 0 Å². The third kappa shape index (κ3) is 4.43. The molecule has 0 spiro atoms. The standard InChI is InChI=1S/C21H28O4/c1-2-4-15(5-3-1)6-16(7-17-11-22-17)21(8-18-12-23-18,9-19-13-24-19)10-20-14-25-20/h1-5,16-20H,6-14H2. The Morgan fingerprint density at radius 1 is 0.760 bits per heavy atom. The highest BCUT2D eigenvalue weighted by molar-refractivity contribution is 5.17. The van der Waals surface area contributed by atoms with E-state index < -0.39 is 0 Å². The van der Waals surface area contributed by atoms with Crippen molar-refractivity contribution in [2.24, 2.45) is 11.3 Å². The van der Waals surface area contributed by atoms with E-state index in [0.29, 0.717) is 30.3 Å². The van der Waals surface area contributed by atoms with Crippen molar-refractivity contribution in [2.75, 3.05) is 26.4 Å². The van der Waals surface area contributed by atoms with Crippen molar-refractivity contribution in [2.45, 2.75) is 56.5 Å². The van der Waals surface area contributed by atoms with Crippen molar-refractivity contribution in [1.29, 1.82) is 0 Å². The maximum Gasteiger partial charge on any atom is 0.0815 e. The second kappa shape index (κ2) is 6.66. The predicted molar refractivity (Wildman–Crippen MR) is 93.5 cm³/mol. The van der Waals surface area contributed by atoms with Gasteiger partial charge in [0.2, 0.25) is 0 Å². The highest BCUT2D eigenvalue weighted by Crippen LogP contribution is 2.51. The van der Waals surface area contributed by atoms with Gasteiger partial charge in [0.25, 0.3) is 0 Å². The van der Waals surface area contributed by atoms with Crippen LogP contribution in [0.4, 0.5) is 0 Å². The van der Waals surface area contributed by atoms with Gasteiger partial charge in [-0.05, 0) is 49.0 Å². The number of hydrogen-bond donors (Lipinski definition) is 0. The molecule has 0 bridgehead atoms. The van der Waals surface area contributed by atoms with E-state index in [9.17, 15) is 0 Å². The summed E-state index contributed by atoms with van der Waals surface area (Å²) >= 11 is 0. The monoisotopic (exact) mass is 344 g/mol. The second-order valence-electron chi connectivity index (χ2n) is 8.42. The van der Waals surface area contributed by atoms with E-state index in [1.807, 2.05) is 0 Å². The number of epoxide rings is 4. The molecule has 4 aliphatic rings. The molecule has 1 aromatic carbocycles. The summed E-state index contributed by atoms with van der Waals surface area (Å²) in [7, 11) is 0. The largest absolute Gasteiger partial charge is 0.373 e. The Balaban J connectivity index is 1.42. The number of benzene rings is 1. The zero-order valence-electron chi connectivity index (χ0n) is 14.8. The Hall–Kier alpha value is -0.940. The molecule has 0 aromatic heterocycles. The van der Waals surface area contributed by atoms with Crippen LogP contribution in [-0.4, -0.2) is 50.8 Å². The molecular weight excluding hydrogens is 316 g/mol. The minimum absolute atomic E-state index is 0.241. The lowest BCUT2D eigenvalue weighted by molar-refractivity contribution is 0.0663. The zero-order chi connectivity index (χ0) is 16.7. The molecule has 0 aliphatic carbocycles. The topological polar surface area (TPSA) is 50.1 Å². The third-order valence-electron chi connectivity index (χ3n) is 6.25. The summed E-state index contributed by atoms with van der Waals surface area (Å²) in [4.78, 5) is 0. The summed E-state index contributed by atoms with van der Waals surface area (Å²) in [6.07, 6.45) is 7.50. The van der Waals surface area contributed by atoms with Crippen molar-refractivity contribution in [3.8, 4) is 0 Å². The fraction of sp³-hybridized carbons (Fsp3) is 0.714. The molecule has 5 atom stereocenters. The second-order valence-corrected chi connectivity index (χ2v) is 8.42. The molecule has 0 N–H and O–H groups in total. The van der Waals surface area contributed by atoms with Crippen LogP contribution < -0.4 is 0 Å². The molecule has 4 heteroatoms. The van der Waals surface area contributed by atoms with Crippen LogP contribution in [0.2, 0.25) is 0 Å². The van der Waals surface area contributed by atoms with E-state index in [1.165, 1.54) is 5.56 Å². The van der Waals surface area contributed by atoms with E-state index in [4.69, 9.17) is 18.9 Å². The van der Waals surface area contributed by atoms with Crippen LogP contribution >= 0.6 is 0 Å².